The number of aliphatic carboxylic acids is 1. The zero-order chi connectivity index (χ0) is 13.8. The predicted molar refractivity (Wildman–Crippen MR) is 74.2 cm³/mol. The van der Waals surface area contributed by atoms with Gasteiger partial charge in [0.25, 0.3) is 0 Å². The smallest absolute Gasteiger partial charge is 0.308 e. The number of hydrogen-bond donors (Lipinski definition) is 2. The highest BCUT2D eigenvalue weighted by Crippen LogP contribution is 2.22. The van der Waals surface area contributed by atoms with Gasteiger partial charge in [0.15, 0.2) is 5.82 Å². The van der Waals surface area contributed by atoms with Gasteiger partial charge in [-0.3, -0.25) is 4.79 Å². The van der Waals surface area contributed by atoms with Crippen molar-refractivity contribution in [1.29, 1.82) is 0 Å². The molecule has 0 aliphatic rings. The number of aromatic nitrogens is 2. The van der Waals surface area contributed by atoms with E-state index in [1.807, 2.05) is 38.1 Å². The lowest BCUT2D eigenvalue weighted by Gasteiger charge is -2.13. The van der Waals surface area contributed by atoms with Crippen LogP contribution in [0.4, 0.5) is 5.82 Å². The van der Waals surface area contributed by atoms with E-state index in [1.54, 1.807) is 0 Å². The standard InChI is InChI=1S/C14H17N3O2/c1-3-10(14(18)19)8-15-13-12-7-5-4-6-11(12)9(2)16-17-13/h4-7,10H,3,8H2,1-2H3,(H,15,17)(H,18,19). The fraction of sp³-hybridized carbons (Fsp3) is 0.357. The van der Waals surface area contributed by atoms with Gasteiger partial charge in [-0.15, -0.1) is 5.10 Å². The molecule has 5 nitrogen and oxygen atoms in total. The van der Waals surface area contributed by atoms with Crippen molar-refractivity contribution < 1.29 is 9.90 Å². The van der Waals surface area contributed by atoms with Gasteiger partial charge in [-0.2, -0.15) is 5.10 Å². The maximum absolute atomic E-state index is 11.0. The van der Waals surface area contributed by atoms with E-state index in [1.165, 1.54) is 0 Å². The first kappa shape index (κ1) is 13.3. The third-order valence-electron chi connectivity index (χ3n) is 3.23. The van der Waals surface area contributed by atoms with Crippen molar-refractivity contribution in [1.82, 2.24) is 10.2 Å². The predicted octanol–water partition coefficient (Wildman–Crippen LogP) is 2.46. The molecule has 0 amide bonds. The fourth-order valence-electron chi connectivity index (χ4n) is 1.99. The van der Waals surface area contributed by atoms with Crippen LogP contribution >= 0.6 is 0 Å². The maximum Gasteiger partial charge on any atom is 0.308 e. The van der Waals surface area contributed by atoms with E-state index in [-0.39, 0.29) is 0 Å². The van der Waals surface area contributed by atoms with Crippen LogP contribution in [0, 0.1) is 12.8 Å². The lowest BCUT2D eigenvalue weighted by molar-refractivity contribution is -0.141. The molecule has 1 heterocycles. The van der Waals surface area contributed by atoms with Gasteiger partial charge < -0.3 is 10.4 Å². The minimum absolute atomic E-state index is 0.355. The van der Waals surface area contributed by atoms with Crippen LogP contribution < -0.4 is 5.32 Å². The number of aryl methyl sites for hydroxylation is 1. The number of carbonyl (C=O) groups is 1. The second-order valence-corrected chi connectivity index (χ2v) is 4.50. The molecule has 1 aromatic carbocycles. The second kappa shape index (κ2) is 5.65. The van der Waals surface area contributed by atoms with Crippen molar-refractivity contribution in [3.63, 3.8) is 0 Å². The van der Waals surface area contributed by atoms with Gasteiger partial charge in [-0.05, 0) is 13.3 Å². The summed E-state index contributed by atoms with van der Waals surface area (Å²) in [6.07, 6.45) is 0.583. The van der Waals surface area contributed by atoms with Crippen molar-refractivity contribution >= 4 is 22.6 Å². The molecule has 0 spiro atoms. The van der Waals surface area contributed by atoms with E-state index >= 15 is 0 Å². The Morgan fingerprint density at radius 2 is 2.00 bits per heavy atom. The van der Waals surface area contributed by atoms with E-state index < -0.39 is 11.9 Å². The Kier molecular flexibility index (Phi) is 3.94. The number of carboxylic acids is 1. The summed E-state index contributed by atoms with van der Waals surface area (Å²) in [6, 6.07) is 7.83. The summed E-state index contributed by atoms with van der Waals surface area (Å²) in [4.78, 5) is 11.0. The molecule has 0 aliphatic carbocycles. The monoisotopic (exact) mass is 259 g/mol. The molecule has 0 bridgehead atoms. The van der Waals surface area contributed by atoms with Crippen LogP contribution in [0.15, 0.2) is 24.3 Å². The largest absolute Gasteiger partial charge is 0.481 e. The lowest BCUT2D eigenvalue weighted by Crippen LogP contribution is -2.22. The maximum atomic E-state index is 11.0. The normalized spacial score (nSPS) is 12.3. The number of nitrogens with one attached hydrogen (secondary N) is 1. The van der Waals surface area contributed by atoms with Crippen LogP contribution in [0.3, 0.4) is 0 Å². The van der Waals surface area contributed by atoms with Crippen LogP contribution in [0.5, 0.6) is 0 Å². The van der Waals surface area contributed by atoms with E-state index in [9.17, 15) is 4.79 Å². The molecule has 0 radical (unpaired) electrons. The molecule has 1 unspecified atom stereocenters. The van der Waals surface area contributed by atoms with Gasteiger partial charge in [0.05, 0.1) is 11.6 Å². The van der Waals surface area contributed by atoms with Crippen LogP contribution in [0.2, 0.25) is 0 Å². The zero-order valence-electron chi connectivity index (χ0n) is 11.1. The van der Waals surface area contributed by atoms with Gasteiger partial charge in [0.1, 0.15) is 0 Å². The molecule has 1 aromatic heterocycles. The molecule has 2 N–H and O–H groups in total. The van der Waals surface area contributed by atoms with Crippen molar-refractivity contribution in [3.05, 3.63) is 30.0 Å². The minimum Gasteiger partial charge on any atom is -0.481 e. The number of benzene rings is 1. The summed E-state index contributed by atoms with van der Waals surface area (Å²) in [5, 5.41) is 22.3. The van der Waals surface area contributed by atoms with E-state index in [0.717, 1.165) is 16.5 Å². The number of rotatable bonds is 5. The van der Waals surface area contributed by atoms with E-state index in [4.69, 9.17) is 5.11 Å². The van der Waals surface area contributed by atoms with E-state index in [2.05, 4.69) is 15.5 Å². The molecule has 19 heavy (non-hydrogen) atoms. The van der Waals surface area contributed by atoms with Crippen LogP contribution in [-0.2, 0) is 4.79 Å². The number of anilines is 1. The quantitative estimate of drug-likeness (QED) is 0.862. The number of hydrogen-bond acceptors (Lipinski definition) is 4. The van der Waals surface area contributed by atoms with Gasteiger partial charge >= 0.3 is 5.97 Å². The molecule has 0 aliphatic heterocycles. The molecule has 2 aromatic rings. The highest BCUT2D eigenvalue weighted by molar-refractivity contribution is 5.92. The van der Waals surface area contributed by atoms with Gasteiger partial charge in [-0.25, -0.2) is 0 Å². The topological polar surface area (TPSA) is 75.1 Å². The van der Waals surface area contributed by atoms with Crippen LogP contribution in [0.1, 0.15) is 19.0 Å². The molecule has 1 atom stereocenters. The molecular weight excluding hydrogens is 242 g/mol. The van der Waals surface area contributed by atoms with Crippen molar-refractivity contribution in [3.8, 4) is 0 Å². The number of nitrogens with zero attached hydrogens (tertiary/aromatic N) is 2. The van der Waals surface area contributed by atoms with Crippen molar-refractivity contribution in [2.24, 2.45) is 5.92 Å². The van der Waals surface area contributed by atoms with Crippen molar-refractivity contribution in [2.75, 3.05) is 11.9 Å². The van der Waals surface area contributed by atoms with Crippen LogP contribution in [0.25, 0.3) is 10.8 Å². The Morgan fingerprint density at radius 3 is 2.63 bits per heavy atom. The second-order valence-electron chi connectivity index (χ2n) is 4.50. The third kappa shape index (κ3) is 2.81. The van der Waals surface area contributed by atoms with Gasteiger partial charge in [0, 0.05) is 17.3 Å². The molecule has 0 saturated carbocycles. The molecular formula is C14H17N3O2. The first-order valence-electron chi connectivity index (χ1n) is 6.32. The molecule has 2 rings (SSSR count). The summed E-state index contributed by atoms with van der Waals surface area (Å²) in [5.41, 5.74) is 0.867. The summed E-state index contributed by atoms with van der Waals surface area (Å²) >= 11 is 0. The Morgan fingerprint density at radius 1 is 1.32 bits per heavy atom. The molecule has 5 heteroatoms. The number of carboxylic acid groups (broad SMARTS) is 1. The summed E-state index contributed by atoms with van der Waals surface area (Å²) in [7, 11) is 0. The molecule has 0 fully saturated rings. The zero-order valence-corrected chi connectivity index (χ0v) is 11.1. The summed E-state index contributed by atoms with van der Waals surface area (Å²) < 4.78 is 0. The lowest BCUT2D eigenvalue weighted by atomic mass is 10.1. The fourth-order valence-corrected chi connectivity index (χ4v) is 1.99. The molecule has 100 valence electrons. The summed E-state index contributed by atoms with van der Waals surface area (Å²) in [5.74, 6) is -0.567. The highest BCUT2D eigenvalue weighted by Gasteiger charge is 2.15. The Hall–Kier alpha value is -2.17. The summed E-state index contributed by atoms with van der Waals surface area (Å²) in [6.45, 7) is 4.12. The average Bonchev–Trinajstić information content (AvgIpc) is 2.42. The molecule has 0 saturated heterocycles. The van der Waals surface area contributed by atoms with E-state index in [0.29, 0.717) is 18.8 Å². The first-order chi connectivity index (χ1) is 9.13. The highest BCUT2D eigenvalue weighted by atomic mass is 16.4. The first-order valence-corrected chi connectivity index (χ1v) is 6.32. The van der Waals surface area contributed by atoms with Crippen LogP contribution in [-0.4, -0.2) is 27.8 Å². The average molecular weight is 259 g/mol. The number of fused-ring (bicyclic) bond motifs is 1. The Labute approximate surface area is 111 Å². The SMILES string of the molecule is CCC(CNc1nnc(C)c2ccccc12)C(=O)O. The third-order valence-corrected chi connectivity index (χ3v) is 3.23. The van der Waals surface area contributed by atoms with Gasteiger partial charge in [0.2, 0.25) is 0 Å². The van der Waals surface area contributed by atoms with Crippen molar-refractivity contribution in [2.45, 2.75) is 20.3 Å². The minimum atomic E-state index is -0.792. The Bertz CT molecular complexity index is 598. The van der Waals surface area contributed by atoms with Gasteiger partial charge in [-0.1, -0.05) is 31.2 Å². The Balaban J connectivity index is 2.26.